The van der Waals surface area contributed by atoms with Crippen LogP contribution in [-0.4, -0.2) is 38.9 Å². The minimum Gasteiger partial charge on any atom is -0.292 e. The minimum absolute atomic E-state index is 0.307. The second kappa shape index (κ2) is 5.32. The Bertz CT molecular complexity index is 573. The zero-order chi connectivity index (χ0) is 14.9. The van der Waals surface area contributed by atoms with Gasteiger partial charge in [0.15, 0.2) is 0 Å². The molecule has 110 valence electrons. The van der Waals surface area contributed by atoms with E-state index in [9.17, 15) is 18.0 Å². The van der Waals surface area contributed by atoms with Gasteiger partial charge in [0.2, 0.25) is 5.82 Å². The number of rotatable bonds is 2. The molecule has 0 spiro atoms. The summed E-state index contributed by atoms with van der Waals surface area (Å²) in [5.74, 6) is 1.37. The average molecular weight is 288 g/mol. The number of piperidine rings is 1. The van der Waals surface area contributed by atoms with Gasteiger partial charge in [0.1, 0.15) is 0 Å². The SMILES string of the molecule is C#CCN1CCC(n2nc(C(F)(F)F)n(C)c2=O)CC1. The second-order valence-electron chi connectivity index (χ2n) is 4.82. The van der Waals surface area contributed by atoms with Crippen molar-refractivity contribution < 1.29 is 13.2 Å². The van der Waals surface area contributed by atoms with Gasteiger partial charge in [-0.25, -0.2) is 9.48 Å². The Morgan fingerprint density at radius 3 is 2.45 bits per heavy atom. The lowest BCUT2D eigenvalue weighted by molar-refractivity contribution is -0.147. The maximum atomic E-state index is 12.7. The number of aromatic nitrogens is 3. The van der Waals surface area contributed by atoms with Crippen LogP contribution in [0.5, 0.6) is 0 Å². The molecule has 20 heavy (non-hydrogen) atoms. The molecule has 2 rings (SSSR count). The van der Waals surface area contributed by atoms with Crippen LogP contribution in [0.15, 0.2) is 4.79 Å². The highest BCUT2D eigenvalue weighted by Gasteiger charge is 2.39. The molecular weight excluding hydrogens is 273 g/mol. The molecule has 1 aromatic heterocycles. The van der Waals surface area contributed by atoms with Gasteiger partial charge in [-0.1, -0.05) is 5.92 Å². The van der Waals surface area contributed by atoms with Gasteiger partial charge in [-0.15, -0.1) is 11.5 Å². The number of alkyl halides is 3. The van der Waals surface area contributed by atoms with Gasteiger partial charge >= 0.3 is 11.9 Å². The molecule has 1 saturated heterocycles. The van der Waals surface area contributed by atoms with E-state index in [-0.39, 0.29) is 6.04 Å². The largest absolute Gasteiger partial charge is 0.451 e. The number of hydrogen-bond donors (Lipinski definition) is 0. The van der Waals surface area contributed by atoms with Crippen molar-refractivity contribution in [1.29, 1.82) is 0 Å². The monoisotopic (exact) mass is 288 g/mol. The predicted octanol–water partition coefficient (Wildman–Crippen LogP) is 0.871. The van der Waals surface area contributed by atoms with E-state index >= 15 is 0 Å². The summed E-state index contributed by atoms with van der Waals surface area (Å²) in [6.45, 7) is 1.82. The number of terminal acetylenes is 1. The van der Waals surface area contributed by atoms with Gasteiger partial charge in [-0.3, -0.25) is 9.47 Å². The first kappa shape index (κ1) is 14.7. The van der Waals surface area contributed by atoms with Crippen molar-refractivity contribution in [3.05, 3.63) is 16.3 Å². The fourth-order valence-electron chi connectivity index (χ4n) is 2.39. The summed E-state index contributed by atoms with van der Waals surface area (Å²) >= 11 is 0. The Morgan fingerprint density at radius 2 is 2.00 bits per heavy atom. The third-order valence-electron chi connectivity index (χ3n) is 3.47. The summed E-state index contributed by atoms with van der Waals surface area (Å²) in [5.41, 5.74) is -0.729. The van der Waals surface area contributed by atoms with Crippen LogP contribution in [0.4, 0.5) is 13.2 Å². The molecule has 0 N–H and O–H groups in total. The number of halogens is 3. The van der Waals surface area contributed by atoms with Crippen LogP contribution >= 0.6 is 0 Å². The lowest BCUT2D eigenvalue weighted by atomic mass is 10.1. The van der Waals surface area contributed by atoms with E-state index in [2.05, 4.69) is 11.0 Å². The molecule has 0 aliphatic carbocycles. The van der Waals surface area contributed by atoms with Gasteiger partial charge in [0, 0.05) is 20.1 Å². The minimum atomic E-state index is -4.62. The maximum Gasteiger partial charge on any atom is 0.451 e. The fraction of sp³-hybridized carbons (Fsp3) is 0.667. The zero-order valence-electron chi connectivity index (χ0n) is 11.0. The third-order valence-corrected chi connectivity index (χ3v) is 3.47. The second-order valence-corrected chi connectivity index (χ2v) is 4.82. The smallest absolute Gasteiger partial charge is 0.292 e. The first-order chi connectivity index (χ1) is 9.34. The number of hydrogen-bond acceptors (Lipinski definition) is 3. The van der Waals surface area contributed by atoms with Crippen molar-refractivity contribution in [2.75, 3.05) is 19.6 Å². The van der Waals surface area contributed by atoms with Gasteiger partial charge in [0.25, 0.3) is 0 Å². The molecule has 2 heterocycles. The Balaban J connectivity index is 2.20. The summed E-state index contributed by atoms with van der Waals surface area (Å²) in [7, 11) is 1.09. The van der Waals surface area contributed by atoms with Gasteiger partial charge in [-0.05, 0) is 12.8 Å². The highest BCUT2D eigenvalue weighted by Crippen LogP contribution is 2.27. The Morgan fingerprint density at radius 1 is 1.40 bits per heavy atom. The number of likely N-dealkylation sites (tertiary alicyclic amines) is 1. The first-order valence-electron chi connectivity index (χ1n) is 6.23. The molecule has 1 aliphatic heterocycles. The summed E-state index contributed by atoms with van der Waals surface area (Å²) in [6.07, 6.45) is 1.72. The Kier molecular flexibility index (Phi) is 3.90. The summed E-state index contributed by atoms with van der Waals surface area (Å²) < 4.78 is 39.6. The molecule has 1 aliphatic rings. The third kappa shape index (κ3) is 2.72. The van der Waals surface area contributed by atoms with Crippen LogP contribution in [0, 0.1) is 12.3 Å². The van der Waals surface area contributed by atoms with Crippen LogP contribution in [0.1, 0.15) is 24.7 Å². The van der Waals surface area contributed by atoms with Gasteiger partial charge < -0.3 is 0 Å². The van der Waals surface area contributed by atoms with Crippen LogP contribution in [0.2, 0.25) is 0 Å². The molecule has 0 aromatic carbocycles. The summed E-state index contributed by atoms with van der Waals surface area (Å²) in [6, 6.07) is -0.307. The highest BCUT2D eigenvalue weighted by molar-refractivity contribution is 4.95. The fourth-order valence-corrected chi connectivity index (χ4v) is 2.39. The van der Waals surface area contributed by atoms with Crippen LogP contribution < -0.4 is 5.69 Å². The van der Waals surface area contributed by atoms with E-state index in [1.54, 1.807) is 0 Å². The molecule has 8 heteroatoms. The molecule has 0 unspecified atom stereocenters. The molecule has 1 aromatic rings. The topological polar surface area (TPSA) is 43.1 Å². The van der Waals surface area contributed by atoms with E-state index in [4.69, 9.17) is 6.42 Å². The molecule has 0 saturated carbocycles. The average Bonchev–Trinajstić information content (AvgIpc) is 2.68. The van der Waals surface area contributed by atoms with Crippen molar-refractivity contribution in [3.63, 3.8) is 0 Å². The maximum absolute atomic E-state index is 12.7. The van der Waals surface area contributed by atoms with Crippen molar-refractivity contribution >= 4 is 0 Å². The van der Waals surface area contributed by atoms with Gasteiger partial charge in [0.05, 0.1) is 12.6 Å². The predicted molar refractivity (Wildman–Crippen MR) is 66.0 cm³/mol. The normalized spacial score (nSPS) is 18.1. The lowest BCUT2D eigenvalue weighted by Crippen LogP contribution is -2.38. The molecule has 0 amide bonds. The Hall–Kier alpha value is -1.75. The van der Waals surface area contributed by atoms with E-state index in [1.165, 1.54) is 0 Å². The molecular formula is C12H15F3N4O. The first-order valence-corrected chi connectivity index (χ1v) is 6.23. The van der Waals surface area contributed by atoms with Crippen molar-refractivity contribution in [2.24, 2.45) is 7.05 Å². The number of nitrogens with zero attached hydrogens (tertiary/aromatic N) is 4. The van der Waals surface area contributed by atoms with Crippen molar-refractivity contribution in [2.45, 2.75) is 25.1 Å². The van der Waals surface area contributed by atoms with E-state index in [1.807, 2.05) is 4.90 Å². The molecule has 0 atom stereocenters. The van der Waals surface area contributed by atoms with E-state index < -0.39 is 17.7 Å². The van der Waals surface area contributed by atoms with Crippen molar-refractivity contribution in [3.8, 4) is 12.3 Å². The highest BCUT2D eigenvalue weighted by atomic mass is 19.4. The quantitative estimate of drug-likeness (QED) is 0.759. The molecule has 1 fully saturated rings. The van der Waals surface area contributed by atoms with Crippen molar-refractivity contribution in [1.82, 2.24) is 19.2 Å². The summed E-state index contributed by atoms with van der Waals surface area (Å²) in [5, 5.41) is 3.46. The molecule has 5 nitrogen and oxygen atoms in total. The van der Waals surface area contributed by atoms with Crippen LogP contribution in [-0.2, 0) is 13.2 Å². The summed E-state index contributed by atoms with van der Waals surface area (Å²) in [4.78, 5) is 13.9. The lowest BCUT2D eigenvalue weighted by Gasteiger charge is -2.30. The molecule has 0 radical (unpaired) electrons. The van der Waals surface area contributed by atoms with E-state index in [0.717, 1.165) is 11.7 Å². The zero-order valence-corrected chi connectivity index (χ0v) is 11.0. The van der Waals surface area contributed by atoms with Gasteiger partial charge in [-0.2, -0.15) is 13.2 Å². The Labute approximate surface area is 114 Å². The van der Waals surface area contributed by atoms with Crippen LogP contribution in [0.25, 0.3) is 0 Å². The van der Waals surface area contributed by atoms with Crippen LogP contribution in [0.3, 0.4) is 0 Å². The standard InChI is InChI=1S/C12H15F3N4O/c1-3-6-18-7-4-9(5-8-18)19-11(20)17(2)10(16-19)12(13,14)15/h1,9H,4-8H2,2H3. The molecule has 0 bridgehead atoms. The van der Waals surface area contributed by atoms with E-state index in [0.29, 0.717) is 37.0 Å².